The zero-order chi connectivity index (χ0) is 19.5. The highest BCUT2D eigenvalue weighted by Gasteiger charge is 2.32. The van der Waals surface area contributed by atoms with Crippen molar-refractivity contribution in [1.82, 2.24) is 4.98 Å². The number of carbonyl (C=O) groups is 2. The molecule has 28 heavy (non-hydrogen) atoms. The van der Waals surface area contributed by atoms with Crippen LogP contribution in [0.5, 0.6) is 0 Å². The molecule has 1 aliphatic rings. The Morgan fingerprint density at radius 2 is 1.61 bits per heavy atom. The molecule has 1 unspecified atom stereocenters. The highest BCUT2D eigenvalue weighted by molar-refractivity contribution is 5.97. The number of benzene rings is 2. The molecule has 1 aliphatic heterocycles. The van der Waals surface area contributed by atoms with Gasteiger partial charge in [0.25, 0.3) is 0 Å². The largest absolute Gasteiger partial charge is 0.312 e. The molecule has 4 heteroatoms. The number of pyridine rings is 1. The Morgan fingerprint density at radius 3 is 2.25 bits per heavy atom. The number of hydrogen-bond acceptors (Lipinski definition) is 3. The van der Waals surface area contributed by atoms with Crippen LogP contribution in [0.25, 0.3) is 11.1 Å². The van der Waals surface area contributed by atoms with Crippen LogP contribution in [0.15, 0.2) is 73.1 Å². The summed E-state index contributed by atoms with van der Waals surface area (Å²) >= 11 is 0. The van der Waals surface area contributed by atoms with Crippen molar-refractivity contribution in [2.75, 3.05) is 11.4 Å². The number of nitrogens with zero attached hydrogens (tertiary/aromatic N) is 2. The number of carbonyl (C=O) groups excluding carboxylic acids is 2. The molecule has 0 spiro atoms. The van der Waals surface area contributed by atoms with E-state index in [4.69, 9.17) is 0 Å². The summed E-state index contributed by atoms with van der Waals surface area (Å²) < 4.78 is 0. The van der Waals surface area contributed by atoms with E-state index in [1.807, 2.05) is 65.6 Å². The third kappa shape index (κ3) is 3.72. The summed E-state index contributed by atoms with van der Waals surface area (Å²) in [7, 11) is 0. The maximum Gasteiger partial charge on any atom is 0.230 e. The van der Waals surface area contributed by atoms with Gasteiger partial charge in [0.15, 0.2) is 5.78 Å². The van der Waals surface area contributed by atoms with Crippen LogP contribution in [-0.4, -0.2) is 23.2 Å². The summed E-state index contributed by atoms with van der Waals surface area (Å²) in [5.41, 5.74) is 4.97. The zero-order valence-corrected chi connectivity index (χ0v) is 15.8. The van der Waals surface area contributed by atoms with E-state index in [9.17, 15) is 9.59 Å². The van der Waals surface area contributed by atoms with Crippen LogP contribution in [-0.2, 0) is 11.2 Å². The predicted molar refractivity (Wildman–Crippen MR) is 110 cm³/mol. The van der Waals surface area contributed by atoms with Crippen LogP contribution < -0.4 is 4.90 Å². The smallest absolute Gasteiger partial charge is 0.230 e. The van der Waals surface area contributed by atoms with Crippen molar-refractivity contribution in [3.8, 4) is 11.1 Å². The third-order valence-corrected chi connectivity index (χ3v) is 5.35. The Morgan fingerprint density at radius 1 is 0.964 bits per heavy atom. The molecule has 1 amide bonds. The molecule has 0 N–H and O–H groups in total. The highest BCUT2D eigenvalue weighted by atomic mass is 16.2. The third-order valence-electron chi connectivity index (χ3n) is 5.35. The normalized spacial score (nSPS) is 16.4. The van der Waals surface area contributed by atoms with Gasteiger partial charge >= 0.3 is 0 Å². The fraction of sp³-hybridized carbons (Fsp3) is 0.208. The first-order chi connectivity index (χ1) is 13.6. The molecule has 4 nitrogen and oxygen atoms in total. The molecule has 0 saturated carbocycles. The summed E-state index contributed by atoms with van der Waals surface area (Å²) in [4.78, 5) is 30.2. The number of anilines is 1. The molecular formula is C24H22N2O2. The highest BCUT2D eigenvalue weighted by Crippen LogP contribution is 2.29. The second-order valence-electron chi connectivity index (χ2n) is 7.22. The van der Waals surface area contributed by atoms with Crippen LogP contribution in [0.3, 0.4) is 0 Å². The molecule has 1 atom stereocenters. The predicted octanol–water partition coefficient (Wildman–Crippen LogP) is 4.55. The van der Waals surface area contributed by atoms with Crippen molar-refractivity contribution in [3.05, 3.63) is 84.2 Å². The van der Waals surface area contributed by atoms with Crippen LogP contribution in [0.2, 0.25) is 0 Å². The SMILES string of the molecule is CC(=O)c1ccc(CC2CCN(c3ccc(-c4ccncc4)cc3)C2=O)cc1. The van der Waals surface area contributed by atoms with Gasteiger partial charge in [-0.15, -0.1) is 0 Å². The maximum atomic E-state index is 12.9. The monoisotopic (exact) mass is 370 g/mol. The van der Waals surface area contributed by atoms with Gasteiger partial charge in [-0.2, -0.15) is 0 Å². The molecule has 140 valence electrons. The van der Waals surface area contributed by atoms with E-state index < -0.39 is 0 Å². The van der Waals surface area contributed by atoms with E-state index >= 15 is 0 Å². The van der Waals surface area contributed by atoms with Gasteiger partial charge in [0.1, 0.15) is 0 Å². The standard InChI is InChI=1S/C24H22N2O2/c1-17(27)19-4-2-18(3-5-19)16-22-12-15-26(24(22)28)23-8-6-20(7-9-23)21-10-13-25-14-11-21/h2-11,13-14,22H,12,15-16H2,1H3. The summed E-state index contributed by atoms with van der Waals surface area (Å²) in [5.74, 6) is 0.222. The first kappa shape index (κ1) is 18.1. The lowest BCUT2D eigenvalue weighted by Gasteiger charge is -2.17. The summed E-state index contributed by atoms with van der Waals surface area (Å²) in [5, 5.41) is 0. The van der Waals surface area contributed by atoms with Gasteiger partial charge in [0.05, 0.1) is 0 Å². The van der Waals surface area contributed by atoms with Crippen molar-refractivity contribution in [3.63, 3.8) is 0 Å². The Balaban J connectivity index is 1.44. The van der Waals surface area contributed by atoms with E-state index in [1.165, 1.54) is 0 Å². The van der Waals surface area contributed by atoms with E-state index in [0.29, 0.717) is 12.0 Å². The molecule has 1 aromatic heterocycles. The Kier molecular flexibility index (Phi) is 5.02. The molecule has 3 aromatic rings. The Labute approximate surface area is 164 Å². The molecular weight excluding hydrogens is 348 g/mol. The van der Waals surface area contributed by atoms with E-state index in [1.54, 1.807) is 19.3 Å². The molecule has 1 saturated heterocycles. The average molecular weight is 370 g/mol. The average Bonchev–Trinajstić information content (AvgIpc) is 3.09. The van der Waals surface area contributed by atoms with Crippen LogP contribution in [0, 0.1) is 5.92 Å². The van der Waals surface area contributed by atoms with Crippen LogP contribution >= 0.6 is 0 Å². The Bertz CT molecular complexity index is 979. The van der Waals surface area contributed by atoms with Gasteiger partial charge in [-0.3, -0.25) is 14.6 Å². The second-order valence-corrected chi connectivity index (χ2v) is 7.22. The maximum absolute atomic E-state index is 12.9. The fourth-order valence-corrected chi connectivity index (χ4v) is 3.72. The number of hydrogen-bond donors (Lipinski definition) is 0. The molecule has 4 rings (SSSR count). The topological polar surface area (TPSA) is 50.3 Å². The first-order valence-electron chi connectivity index (χ1n) is 9.53. The number of aromatic nitrogens is 1. The lowest BCUT2D eigenvalue weighted by atomic mass is 9.97. The Hall–Kier alpha value is -3.27. The molecule has 0 bridgehead atoms. The van der Waals surface area contributed by atoms with Crippen LogP contribution in [0.1, 0.15) is 29.3 Å². The van der Waals surface area contributed by atoms with E-state index in [-0.39, 0.29) is 17.6 Å². The van der Waals surface area contributed by atoms with Crippen molar-refractivity contribution in [2.45, 2.75) is 19.8 Å². The number of ketones is 1. The fourth-order valence-electron chi connectivity index (χ4n) is 3.72. The molecule has 2 aromatic carbocycles. The quantitative estimate of drug-likeness (QED) is 0.619. The number of amides is 1. The van der Waals surface area contributed by atoms with Crippen molar-refractivity contribution >= 4 is 17.4 Å². The first-order valence-corrected chi connectivity index (χ1v) is 9.53. The van der Waals surface area contributed by atoms with Gasteiger partial charge in [0, 0.05) is 36.1 Å². The van der Waals surface area contributed by atoms with Gasteiger partial charge in [-0.1, -0.05) is 36.4 Å². The zero-order valence-electron chi connectivity index (χ0n) is 15.8. The molecule has 0 aliphatic carbocycles. The van der Waals surface area contributed by atoms with Crippen molar-refractivity contribution in [2.24, 2.45) is 5.92 Å². The minimum absolute atomic E-state index is 0.0111. The van der Waals surface area contributed by atoms with Crippen molar-refractivity contribution < 1.29 is 9.59 Å². The minimum atomic E-state index is -0.0111. The lowest BCUT2D eigenvalue weighted by Crippen LogP contribution is -2.27. The van der Waals surface area contributed by atoms with Gasteiger partial charge in [0.2, 0.25) is 5.91 Å². The number of Topliss-reactive ketones (excluding diaryl/α,β-unsaturated/α-hetero) is 1. The van der Waals surface area contributed by atoms with Gasteiger partial charge in [-0.05, 0) is 60.7 Å². The number of rotatable bonds is 5. The minimum Gasteiger partial charge on any atom is -0.312 e. The summed E-state index contributed by atoms with van der Waals surface area (Å²) in [6, 6.07) is 19.7. The second kappa shape index (κ2) is 7.77. The molecule has 0 radical (unpaired) electrons. The van der Waals surface area contributed by atoms with Crippen LogP contribution in [0.4, 0.5) is 5.69 Å². The van der Waals surface area contributed by atoms with E-state index in [0.717, 1.165) is 35.3 Å². The van der Waals surface area contributed by atoms with Gasteiger partial charge < -0.3 is 4.90 Å². The lowest BCUT2D eigenvalue weighted by molar-refractivity contribution is -0.120. The summed E-state index contributed by atoms with van der Waals surface area (Å²) in [6.45, 7) is 2.30. The van der Waals surface area contributed by atoms with Crippen molar-refractivity contribution in [1.29, 1.82) is 0 Å². The van der Waals surface area contributed by atoms with Gasteiger partial charge in [-0.25, -0.2) is 0 Å². The molecule has 1 fully saturated rings. The molecule has 2 heterocycles. The van der Waals surface area contributed by atoms with E-state index in [2.05, 4.69) is 4.98 Å². The summed E-state index contributed by atoms with van der Waals surface area (Å²) in [6.07, 6.45) is 5.11.